The Balaban J connectivity index is 1.14. The zero-order valence-corrected chi connectivity index (χ0v) is 28.1. The van der Waals surface area contributed by atoms with Crippen LogP contribution >= 0.6 is 22.7 Å². The smallest absolute Gasteiger partial charge is 0.0640 e. The topological polar surface area (TPSA) is 3.24 Å². The molecule has 0 unspecified atom stereocenters. The lowest BCUT2D eigenvalue weighted by Crippen LogP contribution is -2.10. The van der Waals surface area contributed by atoms with E-state index in [2.05, 4.69) is 181 Å². The Morgan fingerprint density at radius 1 is 0.347 bits per heavy atom. The standard InChI is InChI=1S/C46H29NS2/c1-2-10-30(11-3-1)31-20-25-34(26-21-31)47(41-17-9-16-39-37-13-4-6-18-42(37)48-45(39)41)35-27-22-32(23-28-35)36-15-8-12-33-24-29-40-38-14-5-7-19-43(38)49-46(40)44(33)36/h1-29H. The lowest BCUT2D eigenvalue weighted by Gasteiger charge is -2.26. The van der Waals surface area contributed by atoms with Gasteiger partial charge in [-0.25, -0.2) is 0 Å². The molecule has 1 nitrogen and oxygen atoms in total. The highest BCUT2D eigenvalue weighted by molar-refractivity contribution is 7.27. The Hall–Kier alpha value is -5.74. The van der Waals surface area contributed by atoms with E-state index in [1.54, 1.807) is 0 Å². The number of anilines is 3. The molecule has 2 heterocycles. The number of fused-ring (bicyclic) bond motifs is 8. The third-order valence-electron chi connectivity index (χ3n) is 9.68. The van der Waals surface area contributed by atoms with E-state index in [1.807, 2.05) is 22.7 Å². The second kappa shape index (κ2) is 11.5. The van der Waals surface area contributed by atoms with Gasteiger partial charge in [0.05, 0.1) is 10.4 Å². The van der Waals surface area contributed by atoms with Gasteiger partial charge in [0.25, 0.3) is 0 Å². The minimum absolute atomic E-state index is 1.13. The van der Waals surface area contributed by atoms with Gasteiger partial charge in [-0.3, -0.25) is 0 Å². The second-order valence-electron chi connectivity index (χ2n) is 12.5. The highest BCUT2D eigenvalue weighted by Gasteiger charge is 2.19. The summed E-state index contributed by atoms with van der Waals surface area (Å²) in [4.78, 5) is 2.42. The van der Waals surface area contributed by atoms with Crippen molar-refractivity contribution in [2.24, 2.45) is 0 Å². The molecule has 0 radical (unpaired) electrons. The minimum Gasteiger partial charge on any atom is -0.309 e. The molecule has 10 aromatic rings. The highest BCUT2D eigenvalue weighted by Crippen LogP contribution is 2.46. The van der Waals surface area contributed by atoms with Gasteiger partial charge >= 0.3 is 0 Å². The second-order valence-corrected chi connectivity index (χ2v) is 14.6. The van der Waals surface area contributed by atoms with E-state index in [0.29, 0.717) is 0 Å². The summed E-state index contributed by atoms with van der Waals surface area (Å²) in [5.74, 6) is 0. The average molecular weight is 660 g/mol. The monoisotopic (exact) mass is 659 g/mol. The SMILES string of the molecule is c1ccc(-c2ccc(N(c3ccc(-c4cccc5ccc6c7ccccc7sc6c45)cc3)c3cccc4c3sc3ccccc34)cc2)cc1. The number of thiophene rings is 2. The fourth-order valence-corrected chi connectivity index (χ4v) is 9.83. The molecule has 230 valence electrons. The maximum absolute atomic E-state index is 2.42. The molecular weight excluding hydrogens is 631 g/mol. The van der Waals surface area contributed by atoms with Gasteiger partial charge in [-0.2, -0.15) is 0 Å². The normalized spacial score (nSPS) is 11.7. The summed E-state index contributed by atoms with van der Waals surface area (Å²) >= 11 is 3.77. The number of benzene rings is 8. The number of hydrogen-bond donors (Lipinski definition) is 0. The zero-order chi connectivity index (χ0) is 32.3. The number of hydrogen-bond acceptors (Lipinski definition) is 3. The Kier molecular flexibility index (Phi) is 6.61. The van der Waals surface area contributed by atoms with Crippen molar-refractivity contribution in [2.75, 3.05) is 4.90 Å². The molecule has 0 aliphatic carbocycles. The van der Waals surface area contributed by atoms with E-state index >= 15 is 0 Å². The van der Waals surface area contributed by atoms with Gasteiger partial charge < -0.3 is 4.90 Å². The first-order chi connectivity index (χ1) is 24.3. The van der Waals surface area contributed by atoms with Gasteiger partial charge in [0.2, 0.25) is 0 Å². The summed E-state index contributed by atoms with van der Waals surface area (Å²) in [5.41, 5.74) is 8.38. The molecule has 0 atom stereocenters. The molecule has 0 fully saturated rings. The van der Waals surface area contributed by atoms with Crippen LogP contribution in [-0.4, -0.2) is 0 Å². The third kappa shape index (κ3) is 4.66. The van der Waals surface area contributed by atoms with E-state index < -0.39 is 0 Å². The van der Waals surface area contributed by atoms with Crippen molar-refractivity contribution in [3.05, 3.63) is 176 Å². The summed E-state index contributed by atoms with van der Waals surface area (Å²) in [6.07, 6.45) is 0. The molecule has 0 saturated heterocycles. The molecule has 8 aromatic carbocycles. The zero-order valence-electron chi connectivity index (χ0n) is 26.5. The Morgan fingerprint density at radius 2 is 0.898 bits per heavy atom. The van der Waals surface area contributed by atoms with Crippen LogP contribution in [0.2, 0.25) is 0 Å². The number of nitrogens with zero attached hydrogens (tertiary/aromatic N) is 1. The molecular formula is C46H29NS2. The molecule has 0 aliphatic rings. The highest BCUT2D eigenvalue weighted by atomic mass is 32.1. The molecule has 0 aliphatic heterocycles. The maximum Gasteiger partial charge on any atom is 0.0640 e. The predicted molar refractivity (Wildman–Crippen MR) is 215 cm³/mol. The van der Waals surface area contributed by atoms with Crippen LogP contribution in [0.1, 0.15) is 0 Å². The van der Waals surface area contributed by atoms with Gasteiger partial charge in [0.15, 0.2) is 0 Å². The largest absolute Gasteiger partial charge is 0.309 e. The van der Waals surface area contributed by atoms with Crippen molar-refractivity contribution >= 4 is 90.9 Å². The van der Waals surface area contributed by atoms with E-state index in [9.17, 15) is 0 Å². The third-order valence-corrected chi connectivity index (χ3v) is 12.1. The van der Waals surface area contributed by atoms with E-state index in [0.717, 1.165) is 11.4 Å². The van der Waals surface area contributed by atoms with Gasteiger partial charge in [-0.05, 0) is 70.1 Å². The van der Waals surface area contributed by atoms with Crippen molar-refractivity contribution in [1.82, 2.24) is 0 Å². The van der Waals surface area contributed by atoms with Crippen LogP contribution in [0.3, 0.4) is 0 Å². The van der Waals surface area contributed by atoms with Gasteiger partial charge in [0, 0.05) is 52.4 Å². The van der Waals surface area contributed by atoms with Gasteiger partial charge in [0.1, 0.15) is 0 Å². The van der Waals surface area contributed by atoms with Gasteiger partial charge in [-0.1, -0.05) is 133 Å². The average Bonchev–Trinajstić information content (AvgIpc) is 3.75. The van der Waals surface area contributed by atoms with Crippen molar-refractivity contribution in [1.29, 1.82) is 0 Å². The fourth-order valence-electron chi connectivity index (χ4n) is 7.35. The minimum atomic E-state index is 1.13. The molecule has 0 spiro atoms. The quantitative estimate of drug-likeness (QED) is 0.178. The molecule has 0 bridgehead atoms. The Bertz CT molecular complexity index is 2810. The Labute approximate surface area is 292 Å². The molecule has 0 saturated carbocycles. The van der Waals surface area contributed by atoms with Crippen molar-refractivity contribution in [3.8, 4) is 22.3 Å². The Morgan fingerprint density at radius 3 is 1.61 bits per heavy atom. The molecule has 2 aromatic heterocycles. The van der Waals surface area contributed by atoms with Crippen LogP contribution < -0.4 is 4.90 Å². The van der Waals surface area contributed by atoms with E-state index in [4.69, 9.17) is 0 Å². The van der Waals surface area contributed by atoms with Crippen LogP contribution in [0, 0.1) is 0 Å². The first kappa shape index (κ1) is 28.3. The van der Waals surface area contributed by atoms with Crippen LogP contribution in [0.4, 0.5) is 17.1 Å². The molecule has 49 heavy (non-hydrogen) atoms. The number of rotatable bonds is 5. The lowest BCUT2D eigenvalue weighted by molar-refractivity contribution is 1.30. The molecule has 0 amide bonds. The lowest BCUT2D eigenvalue weighted by atomic mass is 9.96. The fraction of sp³-hybridized carbons (Fsp3) is 0. The maximum atomic E-state index is 2.42. The van der Waals surface area contributed by atoms with Gasteiger partial charge in [-0.15, -0.1) is 22.7 Å². The molecule has 10 rings (SSSR count). The summed E-state index contributed by atoms with van der Waals surface area (Å²) in [6, 6.07) is 64.3. The van der Waals surface area contributed by atoms with Crippen LogP contribution in [0.15, 0.2) is 176 Å². The molecule has 0 N–H and O–H groups in total. The van der Waals surface area contributed by atoms with E-state index in [1.165, 1.54) is 79.1 Å². The molecule has 3 heteroatoms. The first-order valence-corrected chi connectivity index (χ1v) is 18.2. The predicted octanol–water partition coefficient (Wildman–Crippen LogP) is 14.4. The summed E-state index contributed by atoms with van der Waals surface area (Å²) in [6.45, 7) is 0. The van der Waals surface area contributed by atoms with Crippen LogP contribution in [0.25, 0.3) is 73.4 Å². The van der Waals surface area contributed by atoms with Crippen molar-refractivity contribution in [3.63, 3.8) is 0 Å². The van der Waals surface area contributed by atoms with Crippen molar-refractivity contribution < 1.29 is 0 Å². The summed E-state index contributed by atoms with van der Waals surface area (Å²) in [7, 11) is 0. The van der Waals surface area contributed by atoms with Crippen LogP contribution in [-0.2, 0) is 0 Å². The first-order valence-electron chi connectivity index (χ1n) is 16.6. The van der Waals surface area contributed by atoms with Crippen molar-refractivity contribution in [2.45, 2.75) is 0 Å². The summed E-state index contributed by atoms with van der Waals surface area (Å²) < 4.78 is 5.29. The summed E-state index contributed by atoms with van der Waals surface area (Å²) in [5, 5.41) is 7.87. The van der Waals surface area contributed by atoms with E-state index in [-0.39, 0.29) is 0 Å². The van der Waals surface area contributed by atoms with Crippen LogP contribution in [0.5, 0.6) is 0 Å².